The van der Waals surface area contributed by atoms with Crippen molar-refractivity contribution in [2.24, 2.45) is 0 Å². The first-order valence-corrected chi connectivity index (χ1v) is 4.41. The Labute approximate surface area is 85.8 Å². The Kier molecular flexibility index (Phi) is 2.31. The minimum absolute atomic E-state index is 0.0543. The molecule has 1 aromatic heterocycles. The fourth-order valence-corrected chi connectivity index (χ4v) is 1.45. The van der Waals surface area contributed by atoms with Gasteiger partial charge in [-0.05, 0) is 12.1 Å². The highest BCUT2D eigenvalue weighted by atomic mass is 16.7. The molecular weight excluding hydrogens is 196 g/mol. The van der Waals surface area contributed by atoms with Crippen molar-refractivity contribution in [3.05, 3.63) is 30.5 Å². The van der Waals surface area contributed by atoms with Crippen LogP contribution in [0.2, 0.25) is 0 Å². The zero-order valence-electron chi connectivity index (χ0n) is 8.10. The number of para-hydroxylation sites is 1. The third-order valence-corrected chi connectivity index (χ3v) is 2.08. The second-order valence-corrected chi connectivity index (χ2v) is 2.97. The molecule has 0 atom stereocenters. The van der Waals surface area contributed by atoms with Crippen LogP contribution in [0.1, 0.15) is 0 Å². The van der Waals surface area contributed by atoms with Gasteiger partial charge < -0.3 is 9.94 Å². The van der Waals surface area contributed by atoms with E-state index in [-0.39, 0.29) is 5.75 Å². The Hall–Kier alpha value is -2.01. The van der Waals surface area contributed by atoms with Crippen LogP contribution in [-0.2, 0) is 4.84 Å². The predicted octanol–water partition coefficient (Wildman–Crippen LogP) is 1.47. The number of hydrogen-bond donors (Lipinski definition) is 2. The van der Waals surface area contributed by atoms with Crippen molar-refractivity contribution < 1.29 is 14.7 Å². The number of fused-ring (bicyclic) bond motifs is 1. The summed E-state index contributed by atoms with van der Waals surface area (Å²) in [6.45, 7) is 0. The molecule has 0 bridgehead atoms. The van der Waals surface area contributed by atoms with E-state index >= 15 is 0 Å². The van der Waals surface area contributed by atoms with E-state index in [9.17, 15) is 9.90 Å². The van der Waals surface area contributed by atoms with Crippen LogP contribution in [0.5, 0.6) is 5.75 Å². The molecule has 2 rings (SSSR count). The Morgan fingerprint density at radius 2 is 2.20 bits per heavy atom. The lowest BCUT2D eigenvalue weighted by molar-refractivity contribution is 0.105. The van der Waals surface area contributed by atoms with Crippen LogP contribution in [0.15, 0.2) is 30.5 Å². The molecule has 5 heteroatoms. The Morgan fingerprint density at radius 3 is 2.93 bits per heavy atom. The molecule has 0 spiro atoms. The van der Waals surface area contributed by atoms with Crippen LogP contribution in [0.25, 0.3) is 10.9 Å². The van der Waals surface area contributed by atoms with E-state index in [2.05, 4.69) is 10.3 Å². The summed E-state index contributed by atoms with van der Waals surface area (Å²) in [4.78, 5) is 16.1. The van der Waals surface area contributed by atoms with Gasteiger partial charge in [0.1, 0.15) is 5.75 Å². The highest BCUT2D eigenvalue weighted by molar-refractivity contribution is 5.93. The molecule has 0 saturated heterocycles. The molecule has 0 aliphatic carbocycles. The zero-order chi connectivity index (χ0) is 10.8. The molecule has 2 N–H and O–H groups in total. The largest absolute Gasteiger partial charge is 0.506 e. The van der Waals surface area contributed by atoms with Gasteiger partial charge in [-0.3, -0.25) is 0 Å². The van der Waals surface area contributed by atoms with E-state index in [0.29, 0.717) is 10.9 Å². The molecule has 1 aromatic carbocycles. The van der Waals surface area contributed by atoms with E-state index in [4.69, 9.17) is 0 Å². The van der Waals surface area contributed by atoms with E-state index in [1.165, 1.54) is 17.8 Å². The van der Waals surface area contributed by atoms with Crippen molar-refractivity contribution in [2.45, 2.75) is 0 Å². The van der Waals surface area contributed by atoms with E-state index in [0.717, 1.165) is 0 Å². The number of benzene rings is 1. The molecule has 5 nitrogen and oxygen atoms in total. The van der Waals surface area contributed by atoms with Crippen molar-refractivity contribution >= 4 is 17.0 Å². The molecule has 0 aliphatic rings. The maximum absolute atomic E-state index is 11.4. The second-order valence-electron chi connectivity index (χ2n) is 2.97. The van der Waals surface area contributed by atoms with Gasteiger partial charge in [-0.25, -0.2) is 9.36 Å². The summed E-state index contributed by atoms with van der Waals surface area (Å²) in [5.74, 6) is 0.0543. The van der Waals surface area contributed by atoms with Gasteiger partial charge in [0.05, 0.1) is 11.7 Å². The van der Waals surface area contributed by atoms with Gasteiger partial charge in [-0.15, -0.1) is 0 Å². The number of nitrogens with one attached hydrogen (secondary N) is 1. The summed E-state index contributed by atoms with van der Waals surface area (Å²) in [5, 5.41) is 10.2. The third-order valence-electron chi connectivity index (χ3n) is 2.08. The minimum atomic E-state index is -0.589. The summed E-state index contributed by atoms with van der Waals surface area (Å²) in [6.07, 6.45) is 0.735. The third kappa shape index (κ3) is 1.53. The van der Waals surface area contributed by atoms with Crippen LogP contribution >= 0.6 is 0 Å². The number of hydroxylamine groups is 1. The average molecular weight is 206 g/mol. The molecule has 0 saturated carbocycles. The van der Waals surface area contributed by atoms with E-state index in [1.807, 2.05) is 0 Å². The zero-order valence-corrected chi connectivity index (χ0v) is 8.10. The Morgan fingerprint density at radius 1 is 1.47 bits per heavy atom. The van der Waals surface area contributed by atoms with Crippen LogP contribution in [0.3, 0.4) is 0 Å². The number of carbonyl (C=O) groups is 1. The SMILES string of the molecule is CNOC(=O)n1cc(O)c2ccccc21. The predicted molar refractivity (Wildman–Crippen MR) is 54.5 cm³/mol. The quantitative estimate of drug-likeness (QED) is 0.693. The van der Waals surface area contributed by atoms with Crippen LogP contribution in [-0.4, -0.2) is 22.8 Å². The average Bonchev–Trinajstić information content (AvgIpc) is 2.58. The van der Waals surface area contributed by atoms with Crippen molar-refractivity contribution in [3.63, 3.8) is 0 Å². The molecule has 2 aromatic rings. The topological polar surface area (TPSA) is 63.5 Å². The molecule has 15 heavy (non-hydrogen) atoms. The fourth-order valence-electron chi connectivity index (χ4n) is 1.45. The lowest BCUT2D eigenvalue weighted by Gasteiger charge is -2.02. The number of aromatic hydroxyl groups is 1. The molecular formula is C10H10N2O3. The molecule has 0 aliphatic heterocycles. The lowest BCUT2D eigenvalue weighted by Crippen LogP contribution is -2.19. The van der Waals surface area contributed by atoms with E-state index < -0.39 is 6.09 Å². The summed E-state index contributed by atoms with van der Waals surface area (Å²) in [7, 11) is 1.49. The summed E-state index contributed by atoms with van der Waals surface area (Å²) in [6, 6.07) is 7.03. The van der Waals surface area contributed by atoms with Gasteiger partial charge >= 0.3 is 6.09 Å². The highest BCUT2D eigenvalue weighted by Crippen LogP contribution is 2.26. The summed E-state index contributed by atoms with van der Waals surface area (Å²) >= 11 is 0. The normalized spacial score (nSPS) is 10.5. The lowest BCUT2D eigenvalue weighted by atomic mass is 10.2. The van der Waals surface area contributed by atoms with Gasteiger partial charge in [0, 0.05) is 12.4 Å². The smallest absolute Gasteiger partial charge is 0.437 e. The number of rotatable bonds is 1. The molecule has 0 amide bonds. The molecule has 0 unspecified atom stereocenters. The van der Waals surface area contributed by atoms with Gasteiger partial charge in [-0.1, -0.05) is 12.1 Å². The van der Waals surface area contributed by atoms with Crippen molar-refractivity contribution in [1.29, 1.82) is 0 Å². The number of aromatic nitrogens is 1. The van der Waals surface area contributed by atoms with Gasteiger partial charge in [-0.2, -0.15) is 5.48 Å². The fraction of sp³-hybridized carbons (Fsp3) is 0.100. The standard InChI is InChI=1S/C10H10N2O3/c1-11-15-10(14)12-6-9(13)7-4-2-3-5-8(7)12/h2-6,11,13H,1H3. The molecule has 0 radical (unpaired) electrons. The second kappa shape index (κ2) is 3.62. The first-order valence-electron chi connectivity index (χ1n) is 4.41. The maximum atomic E-state index is 11.4. The number of hydrogen-bond acceptors (Lipinski definition) is 4. The highest BCUT2D eigenvalue weighted by Gasteiger charge is 2.13. The molecule has 1 heterocycles. The van der Waals surface area contributed by atoms with Gasteiger partial charge in [0.15, 0.2) is 0 Å². The number of carbonyl (C=O) groups excluding carboxylic acids is 1. The van der Waals surface area contributed by atoms with Crippen LogP contribution < -0.4 is 5.48 Å². The van der Waals surface area contributed by atoms with E-state index in [1.54, 1.807) is 24.3 Å². The molecule has 0 fully saturated rings. The van der Waals surface area contributed by atoms with Crippen molar-refractivity contribution in [3.8, 4) is 5.75 Å². The monoisotopic (exact) mass is 206 g/mol. The van der Waals surface area contributed by atoms with Gasteiger partial charge in [0.2, 0.25) is 0 Å². The van der Waals surface area contributed by atoms with Crippen LogP contribution in [0, 0.1) is 0 Å². The first kappa shape index (κ1) is 9.54. The van der Waals surface area contributed by atoms with Crippen molar-refractivity contribution in [2.75, 3.05) is 7.05 Å². The Bertz CT molecular complexity index is 504. The Balaban J connectivity index is 2.57. The summed E-state index contributed by atoms with van der Waals surface area (Å²) in [5.41, 5.74) is 2.89. The van der Waals surface area contributed by atoms with Gasteiger partial charge in [0.25, 0.3) is 0 Å². The first-order chi connectivity index (χ1) is 7.24. The molecule has 78 valence electrons. The minimum Gasteiger partial charge on any atom is -0.506 e. The summed E-state index contributed by atoms with van der Waals surface area (Å²) < 4.78 is 1.24. The number of nitrogens with zero attached hydrogens (tertiary/aromatic N) is 1. The van der Waals surface area contributed by atoms with Crippen molar-refractivity contribution in [1.82, 2.24) is 10.0 Å². The maximum Gasteiger partial charge on any atom is 0.437 e. The van der Waals surface area contributed by atoms with Crippen LogP contribution in [0.4, 0.5) is 4.79 Å².